The van der Waals surface area contributed by atoms with Crippen molar-refractivity contribution in [3.05, 3.63) is 63.3 Å². The Balaban J connectivity index is 1.30. The number of ether oxygens (including phenoxy) is 2. The van der Waals surface area contributed by atoms with Crippen LogP contribution in [0.1, 0.15) is 46.2 Å². The van der Waals surface area contributed by atoms with E-state index in [1.54, 1.807) is 4.98 Å². The van der Waals surface area contributed by atoms with Crippen molar-refractivity contribution in [3.8, 4) is 16.9 Å². The predicted octanol–water partition coefficient (Wildman–Crippen LogP) is 2.61. The second-order valence-corrected chi connectivity index (χ2v) is 8.31. The molecule has 2 aromatic heterocycles. The number of pyridine rings is 1. The number of nitrogens with one attached hydrogen (secondary N) is 1. The first kappa shape index (κ1) is 22.1. The van der Waals surface area contributed by atoms with E-state index in [0.717, 1.165) is 30.3 Å². The van der Waals surface area contributed by atoms with Gasteiger partial charge in [0.15, 0.2) is 0 Å². The first-order chi connectivity index (χ1) is 16.2. The summed E-state index contributed by atoms with van der Waals surface area (Å²) in [6.45, 7) is 1.12. The molecule has 1 aliphatic carbocycles. The highest BCUT2D eigenvalue weighted by Gasteiger charge is 2.36. The van der Waals surface area contributed by atoms with Crippen LogP contribution in [0.4, 0.5) is 13.2 Å². The number of aromatic nitrogens is 4. The summed E-state index contributed by atoms with van der Waals surface area (Å²) in [7, 11) is 0. The number of fused-ring (bicyclic) bond motifs is 1. The molecule has 5 rings (SSSR count). The maximum absolute atomic E-state index is 13.5. The molecule has 2 aliphatic rings. The van der Waals surface area contributed by atoms with Gasteiger partial charge in [-0.05, 0) is 36.6 Å². The number of carbonyl (C=O) groups excluding carboxylic acids is 1. The van der Waals surface area contributed by atoms with Crippen LogP contribution in [-0.2, 0) is 24.1 Å². The smallest absolute Gasteiger partial charge is 0.431 e. The van der Waals surface area contributed by atoms with E-state index in [9.17, 15) is 22.8 Å². The Morgan fingerprint density at radius 2 is 2.00 bits per heavy atom. The van der Waals surface area contributed by atoms with E-state index in [0.29, 0.717) is 24.8 Å². The van der Waals surface area contributed by atoms with Gasteiger partial charge in [-0.1, -0.05) is 17.3 Å². The molecule has 12 heteroatoms. The molecule has 1 fully saturated rings. The Morgan fingerprint density at radius 1 is 1.26 bits per heavy atom. The predicted molar refractivity (Wildman–Crippen MR) is 112 cm³/mol. The molecule has 1 unspecified atom stereocenters. The van der Waals surface area contributed by atoms with Crippen molar-refractivity contribution in [2.75, 3.05) is 6.61 Å². The zero-order valence-corrected chi connectivity index (χ0v) is 17.8. The van der Waals surface area contributed by atoms with Gasteiger partial charge in [0.2, 0.25) is 0 Å². The number of H-pyrrole nitrogens is 1. The molecular formula is C22H20F3N5O4. The molecule has 3 N–H and O–H groups in total. The number of benzene rings is 1. The molecule has 1 aromatic carbocycles. The second kappa shape index (κ2) is 8.28. The van der Waals surface area contributed by atoms with Crippen LogP contribution in [0.2, 0.25) is 0 Å². The van der Waals surface area contributed by atoms with Crippen molar-refractivity contribution in [3.63, 3.8) is 0 Å². The molecule has 1 saturated carbocycles. The van der Waals surface area contributed by atoms with Gasteiger partial charge in [0, 0.05) is 11.5 Å². The molecular weight excluding hydrogens is 455 g/mol. The first-order valence-corrected chi connectivity index (χ1v) is 10.6. The normalized spacial score (nSPS) is 17.9. The van der Waals surface area contributed by atoms with E-state index in [1.807, 2.05) is 4.68 Å². The minimum atomic E-state index is -4.84. The van der Waals surface area contributed by atoms with E-state index in [-0.39, 0.29) is 23.8 Å². The quantitative estimate of drug-likeness (QED) is 0.565. The lowest BCUT2D eigenvalue weighted by molar-refractivity contribution is -0.140. The number of primary amides is 1. The molecule has 3 aromatic rings. The van der Waals surface area contributed by atoms with Crippen LogP contribution >= 0.6 is 0 Å². The Labute approximate surface area is 190 Å². The third-order valence-corrected chi connectivity index (χ3v) is 5.86. The Hall–Kier alpha value is -3.67. The summed E-state index contributed by atoms with van der Waals surface area (Å²) in [6, 6.07) is 6.66. The topological polar surface area (TPSA) is 125 Å². The Kier molecular flexibility index (Phi) is 5.39. The summed E-state index contributed by atoms with van der Waals surface area (Å²) >= 11 is 0. The molecule has 178 valence electrons. The van der Waals surface area contributed by atoms with E-state index in [4.69, 9.17) is 15.2 Å². The van der Waals surface area contributed by atoms with Gasteiger partial charge in [0.1, 0.15) is 29.7 Å². The lowest BCUT2D eigenvalue weighted by Crippen LogP contribution is -2.33. The van der Waals surface area contributed by atoms with E-state index < -0.39 is 28.9 Å². The van der Waals surface area contributed by atoms with Crippen LogP contribution in [0, 0.1) is 0 Å². The highest BCUT2D eigenvalue weighted by Crippen LogP contribution is 2.41. The molecule has 0 bridgehead atoms. The van der Waals surface area contributed by atoms with Crippen LogP contribution in [0.5, 0.6) is 5.75 Å². The molecule has 0 radical (unpaired) electrons. The lowest BCUT2D eigenvalue weighted by Gasteiger charge is -2.24. The number of nitrogens with two attached hydrogens (primary N) is 1. The molecule has 34 heavy (non-hydrogen) atoms. The van der Waals surface area contributed by atoms with Crippen molar-refractivity contribution < 1.29 is 27.4 Å². The third kappa shape index (κ3) is 4.28. The monoisotopic (exact) mass is 475 g/mol. The van der Waals surface area contributed by atoms with Crippen LogP contribution in [0.3, 0.4) is 0 Å². The lowest BCUT2D eigenvalue weighted by atomic mass is 10.0. The summed E-state index contributed by atoms with van der Waals surface area (Å²) in [4.78, 5) is 25.0. The summed E-state index contributed by atoms with van der Waals surface area (Å²) in [5.41, 5.74) is 3.87. The van der Waals surface area contributed by atoms with Crippen molar-refractivity contribution >= 4 is 5.91 Å². The fourth-order valence-corrected chi connectivity index (χ4v) is 3.94. The molecule has 1 atom stereocenters. The van der Waals surface area contributed by atoms with Crippen LogP contribution in [-0.4, -0.2) is 38.6 Å². The van der Waals surface area contributed by atoms with Crippen LogP contribution in [0.25, 0.3) is 11.1 Å². The minimum Gasteiger partial charge on any atom is -0.491 e. The summed E-state index contributed by atoms with van der Waals surface area (Å²) in [5.74, 6) is -0.218. The van der Waals surface area contributed by atoms with Crippen LogP contribution in [0.15, 0.2) is 35.1 Å². The van der Waals surface area contributed by atoms with Gasteiger partial charge in [0.05, 0.1) is 24.5 Å². The van der Waals surface area contributed by atoms with E-state index in [1.165, 1.54) is 24.3 Å². The molecule has 0 spiro atoms. The largest absolute Gasteiger partial charge is 0.491 e. The van der Waals surface area contributed by atoms with Crippen molar-refractivity contribution in [1.82, 2.24) is 20.0 Å². The number of rotatable bonds is 6. The summed E-state index contributed by atoms with van der Waals surface area (Å²) in [5, 5.41) is 8.46. The van der Waals surface area contributed by atoms with Gasteiger partial charge in [-0.15, -0.1) is 5.10 Å². The van der Waals surface area contributed by atoms with Crippen LogP contribution < -0.4 is 16.0 Å². The molecule has 3 heterocycles. The second-order valence-electron chi connectivity index (χ2n) is 8.31. The highest BCUT2D eigenvalue weighted by atomic mass is 19.4. The third-order valence-electron chi connectivity index (χ3n) is 5.86. The number of nitrogens with zero attached hydrogens (tertiary/aromatic N) is 3. The fourth-order valence-electron chi connectivity index (χ4n) is 3.94. The standard InChI is InChI=1S/C22H20F3N5O4/c23-22(24,25)19-15(7-16(20(26)31)21(32)27-19)11-3-5-13(6-4-11)33-9-14-8-30-17(10-34-14)18(28-29-30)12-1-2-12/h3-7,12,14H,1-2,8-10H2,(H2,26,31)(H,27,32). The molecule has 1 amide bonds. The zero-order valence-electron chi connectivity index (χ0n) is 17.8. The molecule has 1 aliphatic heterocycles. The SMILES string of the molecule is NC(=O)c1cc(-c2ccc(OCC3Cn4nnc(C5CC5)c4CO3)cc2)c(C(F)(F)F)[nH]c1=O. The van der Waals surface area contributed by atoms with E-state index >= 15 is 0 Å². The van der Waals surface area contributed by atoms with Gasteiger partial charge >= 0.3 is 6.18 Å². The number of amides is 1. The average molecular weight is 475 g/mol. The van der Waals surface area contributed by atoms with Crippen molar-refractivity contribution in [2.45, 2.75) is 44.2 Å². The molecule has 0 saturated heterocycles. The first-order valence-electron chi connectivity index (χ1n) is 10.6. The molecule has 9 nitrogen and oxygen atoms in total. The van der Waals surface area contributed by atoms with Gasteiger partial charge in [0.25, 0.3) is 11.5 Å². The Morgan fingerprint density at radius 3 is 2.65 bits per heavy atom. The number of hydrogen-bond donors (Lipinski definition) is 2. The average Bonchev–Trinajstić information content (AvgIpc) is 3.56. The van der Waals surface area contributed by atoms with Crippen molar-refractivity contribution in [2.24, 2.45) is 5.73 Å². The van der Waals surface area contributed by atoms with Gasteiger partial charge in [-0.3, -0.25) is 9.59 Å². The summed E-state index contributed by atoms with van der Waals surface area (Å²) < 4.78 is 53.9. The summed E-state index contributed by atoms with van der Waals surface area (Å²) in [6.07, 6.45) is -2.84. The maximum atomic E-state index is 13.5. The number of halogens is 3. The maximum Gasteiger partial charge on any atom is 0.431 e. The van der Waals surface area contributed by atoms with Crippen molar-refractivity contribution in [1.29, 1.82) is 0 Å². The van der Waals surface area contributed by atoms with Gasteiger partial charge < -0.3 is 20.2 Å². The fraction of sp³-hybridized carbons (Fsp3) is 0.364. The van der Waals surface area contributed by atoms with E-state index in [2.05, 4.69) is 10.3 Å². The Bertz CT molecular complexity index is 1300. The number of alkyl halides is 3. The van der Waals surface area contributed by atoms with Gasteiger partial charge in [-0.25, -0.2) is 4.68 Å². The number of hydrogen-bond acceptors (Lipinski definition) is 6. The number of carbonyl (C=O) groups is 1. The van der Waals surface area contributed by atoms with Gasteiger partial charge in [-0.2, -0.15) is 13.2 Å². The zero-order chi connectivity index (χ0) is 24.0. The minimum absolute atomic E-state index is 0.132. The highest BCUT2D eigenvalue weighted by molar-refractivity contribution is 5.94. The number of aromatic amines is 1.